The summed E-state index contributed by atoms with van der Waals surface area (Å²) in [7, 11) is 1.58. The Bertz CT molecular complexity index is 661. The Kier molecular flexibility index (Phi) is 3.37. The zero-order chi connectivity index (χ0) is 15.0. The lowest BCUT2D eigenvalue weighted by Gasteiger charge is -2.28. The summed E-state index contributed by atoms with van der Waals surface area (Å²) in [5.41, 5.74) is 2.59. The van der Waals surface area contributed by atoms with Crippen LogP contribution in [0.1, 0.15) is 29.2 Å². The van der Waals surface area contributed by atoms with E-state index >= 15 is 0 Å². The summed E-state index contributed by atoms with van der Waals surface area (Å²) in [6.45, 7) is 1.83. The number of phenols is 2. The van der Waals surface area contributed by atoms with Crippen molar-refractivity contribution < 1.29 is 19.7 Å². The molecule has 1 aliphatic heterocycles. The Hall–Kier alpha value is -2.36. The molecule has 0 saturated carbocycles. The van der Waals surface area contributed by atoms with Gasteiger partial charge in [0.25, 0.3) is 0 Å². The van der Waals surface area contributed by atoms with E-state index < -0.39 is 0 Å². The van der Waals surface area contributed by atoms with E-state index in [9.17, 15) is 10.2 Å². The summed E-state index contributed by atoms with van der Waals surface area (Å²) >= 11 is 0. The topological polar surface area (TPSA) is 58.9 Å². The minimum Gasteiger partial charge on any atom is -0.508 e. The number of benzene rings is 2. The third-order valence-electron chi connectivity index (χ3n) is 3.98. The second kappa shape index (κ2) is 5.20. The zero-order valence-corrected chi connectivity index (χ0v) is 12.1. The molecule has 2 aromatic rings. The number of rotatable bonds is 2. The van der Waals surface area contributed by atoms with Crippen molar-refractivity contribution in [2.45, 2.75) is 25.9 Å². The van der Waals surface area contributed by atoms with Gasteiger partial charge in [0.2, 0.25) is 0 Å². The van der Waals surface area contributed by atoms with E-state index in [2.05, 4.69) is 0 Å². The van der Waals surface area contributed by atoms with Gasteiger partial charge in [0.15, 0.2) is 0 Å². The largest absolute Gasteiger partial charge is 0.508 e. The summed E-state index contributed by atoms with van der Waals surface area (Å²) < 4.78 is 11.3. The summed E-state index contributed by atoms with van der Waals surface area (Å²) in [6.07, 6.45) is 1.46. The fraction of sp³-hybridized carbons (Fsp3) is 0.294. The fourth-order valence-corrected chi connectivity index (χ4v) is 2.74. The van der Waals surface area contributed by atoms with Crippen molar-refractivity contribution in [2.24, 2.45) is 0 Å². The number of phenolic OH excluding ortho intramolecular Hbond substituents is 2. The van der Waals surface area contributed by atoms with Crippen molar-refractivity contribution in [1.29, 1.82) is 0 Å². The SMILES string of the molecule is COc1cc2c(c(O)c1C)CC[C@H](c1ccc(O)cc1)O2. The van der Waals surface area contributed by atoms with E-state index in [4.69, 9.17) is 9.47 Å². The lowest BCUT2D eigenvalue weighted by atomic mass is 9.95. The van der Waals surface area contributed by atoms with Crippen LogP contribution in [0.3, 0.4) is 0 Å². The molecule has 3 rings (SSSR count). The number of methoxy groups -OCH3 is 1. The van der Waals surface area contributed by atoms with Gasteiger partial charge in [0.05, 0.1) is 7.11 Å². The zero-order valence-electron chi connectivity index (χ0n) is 12.1. The maximum atomic E-state index is 10.3. The Morgan fingerprint density at radius 1 is 1.19 bits per heavy atom. The van der Waals surface area contributed by atoms with E-state index in [1.54, 1.807) is 19.2 Å². The summed E-state index contributed by atoms with van der Waals surface area (Å²) in [5.74, 6) is 1.79. The highest BCUT2D eigenvalue weighted by Gasteiger charge is 2.26. The van der Waals surface area contributed by atoms with Gasteiger partial charge >= 0.3 is 0 Å². The minimum atomic E-state index is -0.0788. The highest BCUT2D eigenvalue weighted by atomic mass is 16.5. The van der Waals surface area contributed by atoms with Crippen LogP contribution >= 0.6 is 0 Å². The van der Waals surface area contributed by atoms with Gasteiger partial charge in [0, 0.05) is 17.2 Å². The van der Waals surface area contributed by atoms with Crippen molar-refractivity contribution >= 4 is 0 Å². The van der Waals surface area contributed by atoms with Crippen LogP contribution in [0.15, 0.2) is 30.3 Å². The van der Waals surface area contributed by atoms with Gasteiger partial charge in [-0.15, -0.1) is 0 Å². The molecule has 0 aromatic heterocycles. The van der Waals surface area contributed by atoms with Gasteiger partial charge < -0.3 is 19.7 Å². The molecule has 110 valence electrons. The highest BCUT2D eigenvalue weighted by molar-refractivity contribution is 5.57. The van der Waals surface area contributed by atoms with Crippen molar-refractivity contribution in [3.8, 4) is 23.0 Å². The van der Waals surface area contributed by atoms with Crippen LogP contribution in [0.5, 0.6) is 23.0 Å². The third-order valence-corrected chi connectivity index (χ3v) is 3.98. The molecule has 0 aliphatic carbocycles. The van der Waals surface area contributed by atoms with Crippen LogP contribution in [0.2, 0.25) is 0 Å². The van der Waals surface area contributed by atoms with Crippen LogP contribution in [0, 0.1) is 6.92 Å². The molecule has 0 unspecified atom stereocenters. The average molecular weight is 286 g/mol. The lowest BCUT2D eigenvalue weighted by molar-refractivity contribution is 0.173. The Morgan fingerprint density at radius 2 is 1.90 bits per heavy atom. The average Bonchev–Trinajstić information content (AvgIpc) is 2.51. The van der Waals surface area contributed by atoms with Gasteiger partial charge in [-0.2, -0.15) is 0 Å². The predicted molar refractivity (Wildman–Crippen MR) is 79.2 cm³/mol. The van der Waals surface area contributed by atoms with Crippen LogP contribution < -0.4 is 9.47 Å². The smallest absolute Gasteiger partial charge is 0.130 e. The molecule has 0 spiro atoms. The van der Waals surface area contributed by atoms with E-state index in [0.717, 1.165) is 29.5 Å². The maximum Gasteiger partial charge on any atom is 0.130 e. The molecule has 0 fully saturated rings. The van der Waals surface area contributed by atoms with Gasteiger partial charge in [-0.05, 0) is 37.5 Å². The first-order chi connectivity index (χ1) is 10.1. The molecular weight excluding hydrogens is 268 g/mol. The molecule has 4 heteroatoms. The van der Waals surface area contributed by atoms with Crippen molar-refractivity contribution in [3.63, 3.8) is 0 Å². The first kappa shape index (κ1) is 13.6. The summed E-state index contributed by atoms with van der Waals surface area (Å²) in [6, 6.07) is 8.85. The molecule has 2 aromatic carbocycles. The van der Waals surface area contributed by atoms with Gasteiger partial charge in [-0.3, -0.25) is 0 Å². The number of fused-ring (bicyclic) bond motifs is 1. The Labute approximate surface area is 123 Å². The molecule has 4 nitrogen and oxygen atoms in total. The van der Waals surface area contributed by atoms with Gasteiger partial charge in [0.1, 0.15) is 29.1 Å². The second-order valence-corrected chi connectivity index (χ2v) is 5.27. The number of hydrogen-bond donors (Lipinski definition) is 2. The first-order valence-electron chi connectivity index (χ1n) is 6.95. The predicted octanol–water partition coefficient (Wildman–Crippen LogP) is 3.48. The first-order valence-corrected chi connectivity index (χ1v) is 6.95. The minimum absolute atomic E-state index is 0.0788. The number of ether oxygens (including phenoxy) is 2. The third kappa shape index (κ3) is 2.37. The van der Waals surface area contributed by atoms with Crippen LogP contribution in [0.25, 0.3) is 0 Å². The van der Waals surface area contributed by atoms with E-state index in [-0.39, 0.29) is 17.6 Å². The van der Waals surface area contributed by atoms with E-state index in [0.29, 0.717) is 11.5 Å². The van der Waals surface area contributed by atoms with Crippen molar-refractivity contribution in [3.05, 3.63) is 47.0 Å². The summed E-state index contributed by atoms with van der Waals surface area (Å²) in [4.78, 5) is 0. The number of hydrogen-bond acceptors (Lipinski definition) is 4. The van der Waals surface area contributed by atoms with Crippen LogP contribution in [0.4, 0.5) is 0 Å². The van der Waals surface area contributed by atoms with E-state index in [1.807, 2.05) is 25.1 Å². The monoisotopic (exact) mass is 286 g/mol. The van der Waals surface area contributed by atoms with Gasteiger partial charge in [-0.1, -0.05) is 12.1 Å². The molecule has 0 amide bonds. The molecule has 21 heavy (non-hydrogen) atoms. The number of aromatic hydroxyl groups is 2. The molecule has 1 heterocycles. The van der Waals surface area contributed by atoms with Crippen LogP contribution in [-0.4, -0.2) is 17.3 Å². The normalized spacial score (nSPS) is 17.0. The Balaban J connectivity index is 1.95. The van der Waals surface area contributed by atoms with Gasteiger partial charge in [-0.25, -0.2) is 0 Å². The highest BCUT2D eigenvalue weighted by Crippen LogP contribution is 2.44. The molecule has 1 atom stereocenters. The molecule has 0 radical (unpaired) electrons. The molecule has 0 saturated heterocycles. The fourth-order valence-electron chi connectivity index (χ4n) is 2.74. The van der Waals surface area contributed by atoms with Crippen LogP contribution in [-0.2, 0) is 6.42 Å². The maximum absolute atomic E-state index is 10.3. The van der Waals surface area contributed by atoms with Crippen molar-refractivity contribution in [1.82, 2.24) is 0 Å². The lowest BCUT2D eigenvalue weighted by Crippen LogP contribution is -2.15. The molecular formula is C17H18O4. The molecule has 1 aliphatic rings. The second-order valence-electron chi connectivity index (χ2n) is 5.27. The molecule has 0 bridgehead atoms. The molecule has 2 N–H and O–H groups in total. The summed E-state index contributed by atoms with van der Waals surface area (Å²) in [5, 5.41) is 19.6. The quantitative estimate of drug-likeness (QED) is 0.887. The standard InChI is InChI=1S/C17H18O4/c1-10-15(20-2)9-16-13(17(10)19)7-8-14(21-16)11-3-5-12(18)6-4-11/h3-6,9,14,18-19H,7-8H2,1-2H3/t14-/m1/s1. The van der Waals surface area contributed by atoms with E-state index in [1.165, 1.54) is 0 Å². The Morgan fingerprint density at radius 3 is 2.57 bits per heavy atom. The van der Waals surface area contributed by atoms with Crippen molar-refractivity contribution in [2.75, 3.05) is 7.11 Å².